The zero-order chi connectivity index (χ0) is 22.6. The molecule has 0 aliphatic rings. The van der Waals surface area contributed by atoms with Crippen LogP contribution < -0.4 is 14.8 Å². The number of sulfonamides is 1. The minimum atomic E-state index is -3.87. The molecule has 2 aromatic carbocycles. The number of nitrogens with zero attached hydrogens (tertiary/aromatic N) is 2. The van der Waals surface area contributed by atoms with Crippen molar-refractivity contribution in [3.8, 4) is 5.75 Å². The first-order chi connectivity index (χ1) is 14.6. The van der Waals surface area contributed by atoms with Gasteiger partial charge in [0.1, 0.15) is 5.75 Å². The maximum Gasteiger partial charge on any atom is 0.265 e. The molecule has 0 spiro atoms. The van der Waals surface area contributed by atoms with Gasteiger partial charge in [-0.15, -0.1) is 0 Å². The van der Waals surface area contributed by atoms with Crippen LogP contribution in [0.5, 0.6) is 5.75 Å². The fraction of sp³-hybridized carbons (Fsp3) is 0.227. The van der Waals surface area contributed by atoms with E-state index in [1.54, 1.807) is 32.9 Å². The first-order valence-corrected chi connectivity index (χ1v) is 11.1. The van der Waals surface area contributed by atoms with Crippen molar-refractivity contribution in [3.63, 3.8) is 0 Å². The van der Waals surface area contributed by atoms with Crippen molar-refractivity contribution in [2.75, 3.05) is 10.0 Å². The Morgan fingerprint density at radius 3 is 2.19 bits per heavy atom. The summed E-state index contributed by atoms with van der Waals surface area (Å²) in [5.41, 5.74) is 2.69. The van der Waals surface area contributed by atoms with Gasteiger partial charge in [0.05, 0.1) is 4.90 Å². The van der Waals surface area contributed by atoms with Crippen LogP contribution >= 0.6 is 0 Å². The Morgan fingerprint density at radius 2 is 1.58 bits per heavy atom. The quantitative estimate of drug-likeness (QED) is 0.581. The number of benzene rings is 2. The Hall–Kier alpha value is -3.46. The molecule has 9 heteroatoms. The van der Waals surface area contributed by atoms with Crippen LogP contribution in [0.2, 0.25) is 0 Å². The number of hydrogen-bond donors (Lipinski definition) is 2. The fourth-order valence-corrected chi connectivity index (χ4v) is 3.79. The second-order valence-electron chi connectivity index (χ2n) is 7.12. The van der Waals surface area contributed by atoms with Gasteiger partial charge in [0.25, 0.3) is 15.9 Å². The summed E-state index contributed by atoms with van der Waals surface area (Å²) in [7, 11) is -3.87. The summed E-state index contributed by atoms with van der Waals surface area (Å²) in [6.07, 6.45) is -0.729. The number of rotatable bonds is 7. The first-order valence-electron chi connectivity index (χ1n) is 9.62. The summed E-state index contributed by atoms with van der Waals surface area (Å²) in [5, 5.41) is 2.72. The molecule has 1 heterocycles. The zero-order valence-electron chi connectivity index (χ0n) is 17.7. The molecule has 1 atom stereocenters. The van der Waals surface area contributed by atoms with Crippen LogP contribution in [0.15, 0.2) is 59.5 Å². The third-order valence-electron chi connectivity index (χ3n) is 4.41. The van der Waals surface area contributed by atoms with E-state index in [9.17, 15) is 13.2 Å². The predicted molar refractivity (Wildman–Crippen MR) is 119 cm³/mol. The molecule has 2 N–H and O–H groups in total. The van der Waals surface area contributed by atoms with Gasteiger partial charge in [0.15, 0.2) is 6.10 Å². The Bertz CT molecular complexity index is 1170. The highest BCUT2D eigenvalue weighted by atomic mass is 32.2. The molecule has 0 fully saturated rings. The van der Waals surface area contributed by atoms with Gasteiger partial charge in [-0.25, -0.2) is 23.1 Å². The highest BCUT2D eigenvalue weighted by molar-refractivity contribution is 7.92. The maximum absolute atomic E-state index is 12.6. The summed E-state index contributed by atoms with van der Waals surface area (Å²) >= 11 is 0. The van der Waals surface area contributed by atoms with E-state index in [0.717, 1.165) is 5.56 Å². The standard InChI is InChI=1S/C22H24N4O4S/c1-14-7-5-6-8-20(14)30-17(4)21(27)25-18-9-11-19(12-10-18)31(28,29)26-22-23-15(2)13-16(3)24-22/h5-13,17H,1-4H3,(H,25,27)(H,23,24,26)/t17-/m0/s1. The summed E-state index contributed by atoms with van der Waals surface area (Å²) in [6.45, 7) is 7.06. The van der Waals surface area contributed by atoms with E-state index in [4.69, 9.17) is 4.74 Å². The summed E-state index contributed by atoms with van der Waals surface area (Å²) < 4.78 is 33.3. The van der Waals surface area contributed by atoms with E-state index in [1.165, 1.54) is 24.3 Å². The zero-order valence-corrected chi connectivity index (χ0v) is 18.5. The molecule has 0 aliphatic heterocycles. The number of hydrogen-bond acceptors (Lipinski definition) is 6. The van der Waals surface area contributed by atoms with Crippen LogP contribution in [0.25, 0.3) is 0 Å². The average molecular weight is 441 g/mol. The van der Waals surface area contributed by atoms with E-state index in [2.05, 4.69) is 20.0 Å². The second kappa shape index (κ2) is 9.13. The van der Waals surface area contributed by atoms with Gasteiger partial charge in [0, 0.05) is 17.1 Å². The number of anilines is 2. The van der Waals surface area contributed by atoms with E-state index >= 15 is 0 Å². The van der Waals surface area contributed by atoms with Crippen molar-refractivity contribution < 1.29 is 17.9 Å². The third-order valence-corrected chi connectivity index (χ3v) is 5.75. The fourth-order valence-electron chi connectivity index (χ4n) is 2.84. The van der Waals surface area contributed by atoms with Crippen molar-refractivity contribution in [1.29, 1.82) is 0 Å². The van der Waals surface area contributed by atoms with Crippen LogP contribution in [-0.2, 0) is 14.8 Å². The lowest BCUT2D eigenvalue weighted by Gasteiger charge is -2.16. The van der Waals surface area contributed by atoms with Crippen molar-refractivity contribution in [2.45, 2.75) is 38.7 Å². The van der Waals surface area contributed by atoms with Crippen molar-refractivity contribution in [3.05, 3.63) is 71.5 Å². The number of amides is 1. The van der Waals surface area contributed by atoms with Gasteiger partial charge in [0.2, 0.25) is 5.95 Å². The average Bonchev–Trinajstić information content (AvgIpc) is 2.69. The third kappa shape index (κ3) is 5.79. The lowest BCUT2D eigenvalue weighted by Crippen LogP contribution is -2.30. The molecule has 0 unspecified atom stereocenters. The number of nitrogens with one attached hydrogen (secondary N) is 2. The number of carbonyl (C=O) groups is 1. The summed E-state index contributed by atoms with van der Waals surface area (Å²) in [5.74, 6) is 0.295. The Balaban J connectivity index is 1.66. The Kier molecular flexibility index (Phi) is 6.55. The minimum absolute atomic E-state index is 0.0112. The van der Waals surface area contributed by atoms with Crippen LogP contribution in [0.3, 0.4) is 0 Å². The molecule has 0 aliphatic carbocycles. The molecular formula is C22H24N4O4S. The molecule has 0 radical (unpaired) electrons. The van der Waals surface area contributed by atoms with Crippen molar-refractivity contribution in [2.24, 2.45) is 0 Å². The molecule has 0 saturated carbocycles. The largest absolute Gasteiger partial charge is 0.481 e. The number of aromatic nitrogens is 2. The molecule has 3 rings (SSSR count). The maximum atomic E-state index is 12.6. The van der Waals surface area contributed by atoms with E-state index in [-0.39, 0.29) is 16.8 Å². The Morgan fingerprint density at radius 1 is 0.968 bits per heavy atom. The first kappa shape index (κ1) is 22.2. The highest BCUT2D eigenvalue weighted by Crippen LogP contribution is 2.20. The van der Waals surface area contributed by atoms with Crippen LogP contribution in [-0.4, -0.2) is 30.4 Å². The molecule has 8 nitrogen and oxygen atoms in total. The molecule has 3 aromatic rings. The molecule has 0 bridgehead atoms. The second-order valence-corrected chi connectivity index (χ2v) is 8.80. The molecule has 162 valence electrons. The van der Waals surface area contributed by atoms with E-state index in [0.29, 0.717) is 22.8 Å². The van der Waals surface area contributed by atoms with Crippen molar-refractivity contribution >= 4 is 27.6 Å². The predicted octanol–water partition coefficient (Wildman–Crippen LogP) is 3.61. The van der Waals surface area contributed by atoms with Crippen LogP contribution in [0, 0.1) is 20.8 Å². The highest BCUT2D eigenvalue weighted by Gasteiger charge is 2.18. The molecular weight excluding hydrogens is 416 g/mol. The number of para-hydroxylation sites is 1. The molecule has 1 aromatic heterocycles. The molecule has 0 saturated heterocycles. The van der Waals surface area contributed by atoms with Crippen molar-refractivity contribution in [1.82, 2.24) is 9.97 Å². The lowest BCUT2D eigenvalue weighted by atomic mass is 10.2. The Labute approximate surface area is 181 Å². The van der Waals surface area contributed by atoms with Gasteiger partial charge in [-0.3, -0.25) is 4.79 Å². The molecule has 31 heavy (non-hydrogen) atoms. The lowest BCUT2D eigenvalue weighted by molar-refractivity contribution is -0.122. The number of aryl methyl sites for hydroxylation is 3. The van der Waals surface area contributed by atoms with Gasteiger partial charge in [-0.1, -0.05) is 18.2 Å². The SMILES string of the molecule is Cc1cc(C)nc(NS(=O)(=O)c2ccc(NC(=O)[C@H](C)Oc3ccccc3C)cc2)n1. The monoisotopic (exact) mass is 440 g/mol. The van der Waals surface area contributed by atoms with E-state index in [1.807, 2.05) is 25.1 Å². The van der Waals surface area contributed by atoms with Crippen LogP contribution in [0.4, 0.5) is 11.6 Å². The summed E-state index contributed by atoms with van der Waals surface area (Å²) in [6, 6.07) is 15.0. The normalized spacial score (nSPS) is 12.1. The minimum Gasteiger partial charge on any atom is -0.481 e. The van der Waals surface area contributed by atoms with Gasteiger partial charge >= 0.3 is 0 Å². The topological polar surface area (TPSA) is 110 Å². The van der Waals surface area contributed by atoms with Gasteiger partial charge < -0.3 is 10.1 Å². The smallest absolute Gasteiger partial charge is 0.265 e. The van der Waals surface area contributed by atoms with E-state index < -0.39 is 16.1 Å². The van der Waals surface area contributed by atoms with Gasteiger partial charge in [-0.2, -0.15) is 0 Å². The number of carbonyl (C=O) groups excluding carboxylic acids is 1. The van der Waals surface area contributed by atoms with Crippen LogP contribution in [0.1, 0.15) is 23.9 Å². The summed E-state index contributed by atoms with van der Waals surface area (Å²) in [4.78, 5) is 20.6. The van der Waals surface area contributed by atoms with Gasteiger partial charge in [-0.05, 0) is 69.7 Å². The number of ether oxygens (including phenoxy) is 1. The molecule has 1 amide bonds.